The summed E-state index contributed by atoms with van der Waals surface area (Å²) in [5.74, 6) is -0.0321. The fraction of sp³-hybridized carbons (Fsp3) is 0.945. The molecule has 0 amide bonds. The standard InChI is InChI=1S/C55H106O6/c1-5-7-9-11-13-15-17-19-21-23-25-27-31-36-40-44-48-55(58)61-52(50-60-54(57)47-43-39-35-32-28-29-33-37-41-45-51(3)4)49-59-53(56)46-42-38-34-30-26-24-22-20-18-16-14-12-10-8-6-2/h51-52H,5-50H2,1-4H3/t52-/m0/s1. The summed E-state index contributed by atoms with van der Waals surface area (Å²) in [7, 11) is 0. The molecule has 0 heterocycles. The van der Waals surface area contributed by atoms with Crippen LogP contribution in [0.1, 0.15) is 310 Å². The van der Waals surface area contributed by atoms with Crippen molar-refractivity contribution >= 4 is 17.9 Å². The molecule has 0 aliphatic carbocycles. The highest BCUT2D eigenvalue weighted by atomic mass is 16.6. The number of esters is 3. The van der Waals surface area contributed by atoms with Crippen molar-refractivity contribution < 1.29 is 28.6 Å². The molecule has 0 aliphatic heterocycles. The van der Waals surface area contributed by atoms with Gasteiger partial charge in [-0.05, 0) is 25.2 Å². The predicted molar refractivity (Wildman–Crippen MR) is 261 cm³/mol. The number of rotatable bonds is 50. The molecule has 0 rings (SSSR count). The van der Waals surface area contributed by atoms with E-state index in [1.165, 1.54) is 205 Å². The molecule has 1 atom stereocenters. The van der Waals surface area contributed by atoms with Gasteiger partial charge in [-0.3, -0.25) is 14.4 Å². The van der Waals surface area contributed by atoms with Gasteiger partial charge in [-0.25, -0.2) is 0 Å². The van der Waals surface area contributed by atoms with Gasteiger partial charge >= 0.3 is 17.9 Å². The lowest BCUT2D eigenvalue weighted by Crippen LogP contribution is -2.30. The zero-order valence-corrected chi connectivity index (χ0v) is 41.6. The van der Waals surface area contributed by atoms with Gasteiger partial charge in [0.15, 0.2) is 6.10 Å². The first-order valence-corrected chi connectivity index (χ1v) is 27.4. The fourth-order valence-electron chi connectivity index (χ4n) is 8.39. The molecule has 0 aromatic carbocycles. The molecule has 0 saturated carbocycles. The van der Waals surface area contributed by atoms with Gasteiger partial charge in [0.05, 0.1) is 0 Å². The molecule has 6 nitrogen and oxygen atoms in total. The van der Waals surface area contributed by atoms with Crippen molar-refractivity contribution in [2.24, 2.45) is 5.92 Å². The molecule has 362 valence electrons. The van der Waals surface area contributed by atoms with Gasteiger partial charge in [-0.2, -0.15) is 0 Å². The first-order valence-electron chi connectivity index (χ1n) is 27.4. The molecule has 0 spiro atoms. The second-order valence-electron chi connectivity index (χ2n) is 19.3. The van der Waals surface area contributed by atoms with Crippen molar-refractivity contribution in [3.05, 3.63) is 0 Å². The molecular weight excluding hydrogens is 757 g/mol. The first-order chi connectivity index (χ1) is 29.9. The van der Waals surface area contributed by atoms with Crippen LogP contribution in [0, 0.1) is 5.92 Å². The maximum atomic E-state index is 12.8. The van der Waals surface area contributed by atoms with Crippen LogP contribution in [0.4, 0.5) is 0 Å². The van der Waals surface area contributed by atoms with E-state index in [4.69, 9.17) is 14.2 Å². The highest BCUT2D eigenvalue weighted by Gasteiger charge is 2.19. The molecule has 0 aliphatic rings. The molecule has 0 fully saturated rings. The lowest BCUT2D eigenvalue weighted by Gasteiger charge is -2.18. The average Bonchev–Trinajstić information content (AvgIpc) is 3.24. The second kappa shape index (κ2) is 49.4. The van der Waals surface area contributed by atoms with Crippen LogP contribution in [0.5, 0.6) is 0 Å². The lowest BCUT2D eigenvalue weighted by molar-refractivity contribution is -0.167. The van der Waals surface area contributed by atoms with Gasteiger partial charge in [0, 0.05) is 19.3 Å². The fourth-order valence-corrected chi connectivity index (χ4v) is 8.39. The Labute approximate surface area is 380 Å². The Bertz CT molecular complexity index is 918. The molecule has 0 radical (unpaired) electrons. The minimum Gasteiger partial charge on any atom is -0.462 e. The molecule has 6 heteroatoms. The number of hydrogen-bond acceptors (Lipinski definition) is 6. The Kier molecular flexibility index (Phi) is 48.1. The van der Waals surface area contributed by atoms with Crippen molar-refractivity contribution in [2.45, 2.75) is 316 Å². The number of carbonyl (C=O) groups is 3. The molecule has 0 N–H and O–H groups in total. The van der Waals surface area contributed by atoms with Gasteiger partial charge in [0.2, 0.25) is 0 Å². The van der Waals surface area contributed by atoms with Crippen LogP contribution < -0.4 is 0 Å². The van der Waals surface area contributed by atoms with E-state index in [0.29, 0.717) is 19.3 Å². The maximum absolute atomic E-state index is 12.8. The lowest BCUT2D eigenvalue weighted by atomic mass is 10.0. The average molecular weight is 863 g/mol. The largest absolute Gasteiger partial charge is 0.462 e. The maximum Gasteiger partial charge on any atom is 0.306 e. The van der Waals surface area contributed by atoms with E-state index in [2.05, 4.69) is 27.7 Å². The van der Waals surface area contributed by atoms with Crippen LogP contribution in [0.3, 0.4) is 0 Å². The first kappa shape index (κ1) is 59.4. The van der Waals surface area contributed by atoms with Crippen LogP contribution >= 0.6 is 0 Å². The van der Waals surface area contributed by atoms with Crippen LogP contribution in [0.2, 0.25) is 0 Å². The highest BCUT2D eigenvalue weighted by molar-refractivity contribution is 5.71. The van der Waals surface area contributed by atoms with E-state index < -0.39 is 6.10 Å². The van der Waals surface area contributed by atoms with Crippen LogP contribution in [0.15, 0.2) is 0 Å². The van der Waals surface area contributed by atoms with Gasteiger partial charge in [-0.1, -0.05) is 272 Å². The molecule has 61 heavy (non-hydrogen) atoms. The van der Waals surface area contributed by atoms with E-state index in [-0.39, 0.29) is 31.1 Å². The Morgan fingerprint density at radius 2 is 0.541 bits per heavy atom. The van der Waals surface area contributed by atoms with Crippen molar-refractivity contribution in [2.75, 3.05) is 13.2 Å². The third-order valence-electron chi connectivity index (χ3n) is 12.5. The van der Waals surface area contributed by atoms with Crippen molar-refractivity contribution in [3.8, 4) is 0 Å². The Morgan fingerprint density at radius 3 is 0.803 bits per heavy atom. The summed E-state index contributed by atoms with van der Waals surface area (Å²) in [5, 5.41) is 0. The van der Waals surface area contributed by atoms with Gasteiger partial charge in [-0.15, -0.1) is 0 Å². The zero-order valence-electron chi connectivity index (χ0n) is 41.6. The normalized spacial score (nSPS) is 12.0. The third-order valence-corrected chi connectivity index (χ3v) is 12.5. The number of carbonyl (C=O) groups excluding carboxylic acids is 3. The second-order valence-corrected chi connectivity index (χ2v) is 19.3. The van der Waals surface area contributed by atoms with Crippen molar-refractivity contribution in [3.63, 3.8) is 0 Å². The van der Waals surface area contributed by atoms with Crippen molar-refractivity contribution in [1.82, 2.24) is 0 Å². The summed E-state index contributed by atoms with van der Waals surface area (Å²) in [6, 6.07) is 0. The summed E-state index contributed by atoms with van der Waals surface area (Å²) < 4.78 is 16.8. The molecule has 0 unspecified atom stereocenters. The minimum absolute atomic E-state index is 0.0625. The quantitative estimate of drug-likeness (QED) is 0.0344. The zero-order chi connectivity index (χ0) is 44.5. The van der Waals surface area contributed by atoms with E-state index in [0.717, 1.165) is 63.7 Å². The molecular formula is C55H106O6. The van der Waals surface area contributed by atoms with E-state index in [1.807, 2.05) is 0 Å². The van der Waals surface area contributed by atoms with Crippen molar-refractivity contribution in [1.29, 1.82) is 0 Å². The summed E-state index contributed by atoms with van der Waals surface area (Å²) >= 11 is 0. The highest BCUT2D eigenvalue weighted by Crippen LogP contribution is 2.17. The van der Waals surface area contributed by atoms with E-state index in [1.54, 1.807) is 0 Å². The molecule has 0 aromatic rings. The molecule has 0 saturated heterocycles. The molecule has 0 bridgehead atoms. The summed E-state index contributed by atoms with van der Waals surface area (Å²) in [6.07, 6.45) is 52.3. The summed E-state index contributed by atoms with van der Waals surface area (Å²) in [6.45, 7) is 9.02. The summed E-state index contributed by atoms with van der Waals surface area (Å²) in [5.41, 5.74) is 0. The predicted octanol–water partition coefficient (Wildman–Crippen LogP) is 17.8. The van der Waals surface area contributed by atoms with Crippen LogP contribution in [0.25, 0.3) is 0 Å². The van der Waals surface area contributed by atoms with Gasteiger partial charge in [0.25, 0.3) is 0 Å². The molecule has 0 aromatic heterocycles. The number of ether oxygens (including phenoxy) is 3. The van der Waals surface area contributed by atoms with E-state index in [9.17, 15) is 14.4 Å². The Balaban J connectivity index is 4.30. The summed E-state index contributed by atoms with van der Waals surface area (Å²) in [4.78, 5) is 38.0. The minimum atomic E-state index is -0.761. The third kappa shape index (κ3) is 49.3. The number of unbranched alkanes of at least 4 members (excludes halogenated alkanes) is 37. The van der Waals surface area contributed by atoms with Gasteiger partial charge < -0.3 is 14.2 Å². The SMILES string of the molecule is CCCCCCCCCCCCCCCCCCC(=O)O[C@@H](COC(=O)CCCCCCCCCCCCCCCCC)COC(=O)CCCCCCCCCCCC(C)C. The Hall–Kier alpha value is -1.59. The van der Waals surface area contributed by atoms with E-state index >= 15 is 0 Å². The van der Waals surface area contributed by atoms with Gasteiger partial charge in [0.1, 0.15) is 13.2 Å². The monoisotopic (exact) mass is 863 g/mol. The Morgan fingerprint density at radius 1 is 0.311 bits per heavy atom. The number of hydrogen-bond donors (Lipinski definition) is 0. The van der Waals surface area contributed by atoms with Crippen LogP contribution in [-0.4, -0.2) is 37.2 Å². The van der Waals surface area contributed by atoms with Crippen LogP contribution in [-0.2, 0) is 28.6 Å². The smallest absolute Gasteiger partial charge is 0.306 e. The topological polar surface area (TPSA) is 78.9 Å².